The van der Waals surface area contributed by atoms with Gasteiger partial charge in [0.05, 0.1) is 7.11 Å². The molecular formula is C29H28BrIN2O. The van der Waals surface area contributed by atoms with Crippen LogP contribution in [-0.4, -0.2) is 21.2 Å². The van der Waals surface area contributed by atoms with E-state index in [-0.39, 0.29) is 24.0 Å². The highest BCUT2D eigenvalue weighted by molar-refractivity contribution is 9.10. The molecule has 0 N–H and O–H groups in total. The van der Waals surface area contributed by atoms with Crippen LogP contribution in [0.3, 0.4) is 0 Å². The number of hydrogen-bond acceptors (Lipinski definition) is 2. The van der Waals surface area contributed by atoms with Crippen LogP contribution in [0.5, 0.6) is 5.75 Å². The second-order valence-electron chi connectivity index (χ2n) is 8.17. The maximum atomic E-state index is 5.34. The average molecular weight is 627 g/mol. The predicted molar refractivity (Wildman–Crippen MR) is 142 cm³/mol. The van der Waals surface area contributed by atoms with Crippen LogP contribution in [0.4, 0.5) is 5.69 Å². The summed E-state index contributed by atoms with van der Waals surface area (Å²) >= 11 is 3.55. The molecule has 0 fully saturated rings. The Labute approximate surface area is 227 Å². The van der Waals surface area contributed by atoms with E-state index in [1.807, 2.05) is 12.1 Å². The van der Waals surface area contributed by atoms with E-state index < -0.39 is 0 Å². The number of hydrogen-bond donors (Lipinski definition) is 0. The number of methoxy groups -OCH3 is 1. The Balaban J connectivity index is 0.00000324. The van der Waals surface area contributed by atoms with Crippen LogP contribution in [0.15, 0.2) is 89.4 Å². The molecule has 0 aliphatic heterocycles. The molecule has 0 atom stereocenters. The molecule has 34 heavy (non-hydrogen) atoms. The van der Waals surface area contributed by atoms with E-state index in [1.54, 1.807) is 7.11 Å². The van der Waals surface area contributed by atoms with Crippen molar-refractivity contribution in [1.82, 2.24) is 0 Å². The number of rotatable bonds is 6. The van der Waals surface area contributed by atoms with Gasteiger partial charge in [0.1, 0.15) is 12.8 Å². The van der Waals surface area contributed by atoms with Crippen LogP contribution < -0.4 is 38.2 Å². The normalized spacial score (nSPS) is 10.7. The van der Waals surface area contributed by atoms with Gasteiger partial charge in [-0.05, 0) is 71.3 Å². The van der Waals surface area contributed by atoms with Crippen molar-refractivity contribution in [3.05, 3.63) is 101 Å². The lowest BCUT2D eigenvalue weighted by atomic mass is 10.0. The number of anilines is 1. The summed E-state index contributed by atoms with van der Waals surface area (Å²) in [7, 11) is 7.92. The Morgan fingerprint density at radius 1 is 0.765 bits per heavy atom. The fourth-order valence-electron chi connectivity index (χ4n) is 3.75. The molecule has 0 aliphatic carbocycles. The van der Waals surface area contributed by atoms with E-state index in [2.05, 4.69) is 131 Å². The summed E-state index contributed by atoms with van der Waals surface area (Å²) in [6.45, 7) is 0. The highest BCUT2D eigenvalue weighted by Gasteiger charge is 2.17. The smallest absolute Gasteiger partial charge is 0.213 e. The van der Waals surface area contributed by atoms with Crippen LogP contribution in [-0.2, 0) is 7.05 Å². The van der Waals surface area contributed by atoms with Crippen LogP contribution in [0.2, 0.25) is 0 Å². The van der Waals surface area contributed by atoms with Gasteiger partial charge in [-0.15, -0.1) is 0 Å². The minimum atomic E-state index is 0. The SMILES string of the molecule is COc1ccc(-c2cc(C=Cc3ccc(N(C)C)cc3)[n+](C)c(-c3ccc(Br)cc3)c2)cc1.[I-]. The molecule has 3 nitrogen and oxygen atoms in total. The van der Waals surface area contributed by atoms with Gasteiger partial charge in [-0.1, -0.05) is 40.2 Å². The molecular weight excluding hydrogens is 599 g/mol. The number of aromatic nitrogens is 1. The van der Waals surface area contributed by atoms with Gasteiger partial charge in [0, 0.05) is 48.0 Å². The molecule has 4 rings (SSSR count). The summed E-state index contributed by atoms with van der Waals surface area (Å²) < 4.78 is 8.65. The fraction of sp³-hybridized carbons (Fsp3) is 0.138. The molecule has 4 aromatic rings. The highest BCUT2D eigenvalue weighted by Crippen LogP contribution is 2.28. The van der Waals surface area contributed by atoms with Crippen molar-refractivity contribution in [2.45, 2.75) is 0 Å². The van der Waals surface area contributed by atoms with Gasteiger partial charge in [-0.3, -0.25) is 0 Å². The summed E-state index contributed by atoms with van der Waals surface area (Å²) in [5.41, 5.74) is 8.12. The molecule has 0 radical (unpaired) electrons. The minimum Gasteiger partial charge on any atom is -1.00 e. The maximum Gasteiger partial charge on any atom is 0.213 e. The molecule has 1 aromatic heterocycles. The Morgan fingerprint density at radius 3 is 1.97 bits per heavy atom. The van der Waals surface area contributed by atoms with E-state index in [0.29, 0.717) is 0 Å². The Bertz CT molecular complexity index is 1270. The van der Waals surface area contributed by atoms with Gasteiger partial charge in [-0.25, -0.2) is 0 Å². The van der Waals surface area contributed by atoms with Crippen LogP contribution in [0.1, 0.15) is 11.3 Å². The third kappa shape index (κ3) is 6.07. The number of halogens is 2. The van der Waals surface area contributed by atoms with E-state index >= 15 is 0 Å². The van der Waals surface area contributed by atoms with Crippen molar-refractivity contribution in [3.8, 4) is 28.1 Å². The second kappa shape index (κ2) is 11.7. The summed E-state index contributed by atoms with van der Waals surface area (Å²) in [4.78, 5) is 2.11. The van der Waals surface area contributed by atoms with Gasteiger partial charge in [-0.2, -0.15) is 4.57 Å². The van der Waals surface area contributed by atoms with E-state index in [0.717, 1.165) is 32.7 Å². The molecule has 0 saturated carbocycles. The summed E-state index contributed by atoms with van der Waals surface area (Å²) in [6.07, 6.45) is 4.35. The minimum absolute atomic E-state index is 0. The zero-order valence-electron chi connectivity index (χ0n) is 19.8. The molecule has 0 aliphatic rings. The van der Waals surface area contributed by atoms with Crippen molar-refractivity contribution < 1.29 is 33.3 Å². The summed E-state index contributed by atoms with van der Waals surface area (Å²) in [6, 6.07) is 29.7. The number of nitrogens with zero attached hydrogens (tertiary/aromatic N) is 2. The molecule has 0 bridgehead atoms. The van der Waals surface area contributed by atoms with Gasteiger partial charge < -0.3 is 33.6 Å². The first kappa shape index (κ1) is 26.0. The Morgan fingerprint density at radius 2 is 1.38 bits per heavy atom. The van der Waals surface area contributed by atoms with Gasteiger partial charge in [0.25, 0.3) is 0 Å². The molecule has 1 heterocycles. The Hall–Kier alpha value is -2.64. The second-order valence-corrected chi connectivity index (χ2v) is 9.08. The average Bonchev–Trinajstić information content (AvgIpc) is 2.84. The van der Waals surface area contributed by atoms with Crippen molar-refractivity contribution in [2.24, 2.45) is 7.05 Å². The molecule has 0 saturated heterocycles. The first-order chi connectivity index (χ1) is 15.9. The van der Waals surface area contributed by atoms with Crippen LogP contribution in [0, 0.1) is 0 Å². The van der Waals surface area contributed by atoms with Crippen molar-refractivity contribution in [3.63, 3.8) is 0 Å². The topological polar surface area (TPSA) is 16.4 Å². The van der Waals surface area contributed by atoms with E-state index in [9.17, 15) is 0 Å². The highest BCUT2D eigenvalue weighted by atomic mass is 127. The lowest BCUT2D eigenvalue weighted by Gasteiger charge is -2.11. The monoisotopic (exact) mass is 626 g/mol. The van der Waals surface area contributed by atoms with Gasteiger partial charge >= 0.3 is 0 Å². The van der Waals surface area contributed by atoms with Crippen molar-refractivity contribution in [2.75, 3.05) is 26.1 Å². The fourth-order valence-corrected chi connectivity index (χ4v) is 4.02. The molecule has 3 aromatic carbocycles. The van der Waals surface area contributed by atoms with Gasteiger partial charge in [0.15, 0.2) is 0 Å². The summed E-state index contributed by atoms with van der Waals surface area (Å²) in [5.74, 6) is 0.856. The van der Waals surface area contributed by atoms with Crippen LogP contribution >= 0.6 is 15.9 Å². The van der Waals surface area contributed by atoms with Crippen molar-refractivity contribution >= 4 is 33.8 Å². The van der Waals surface area contributed by atoms with E-state index in [4.69, 9.17) is 4.74 Å². The first-order valence-electron chi connectivity index (χ1n) is 10.8. The standard InChI is InChI=1S/C29H28BrN2O.HI/c1-31(2)26-14-5-21(6-15-26)7-16-27-19-24(22-10-17-28(33-4)18-11-22)20-29(32(27)3)23-8-12-25(30)13-9-23;/h5-20H,1-4H3;1H/q+1;/p-1. The van der Waals surface area contributed by atoms with Gasteiger partial charge in [0.2, 0.25) is 11.4 Å². The van der Waals surface area contributed by atoms with Crippen molar-refractivity contribution in [1.29, 1.82) is 0 Å². The number of ether oxygens (including phenoxy) is 1. The molecule has 0 amide bonds. The third-order valence-corrected chi connectivity index (χ3v) is 6.29. The maximum absolute atomic E-state index is 5.34. The lowest BCUT2D eigenvalue weighted by Crippen LogP contribution is -3.00. The Kier molecular flexibility index (Phi) is 8.91. The zero-order chi connectivity index (χ0) is 23.4. The van der Waals surface area contributed by atoms with Crippen LogP contribution in [0.25, 0.3) is 34.5 Å². The quantitative estimate of drug-likeness (QED) is 0.239. The molecule has 5 heteroatoms. The summed E-state index contributed by atoms with van der Waals surface area (Å²) in [5, 5.41) is 0. The predicted octanol–water partition coefficient (Wildman–Crippen LogP) is 3.86. The zero-order valence-corrected chi connectivity index (χ0v) is 23.5. The van der Waals surface area contributed by atoms with E-state index in [1.165, 1.54) is 16.8 Å². The largest absolute Gasteiger partial charge is 1.00 e. The first-order valence-corrected chi connectivity index (χ1v) is 11.6. The molecule has 0 unspecified atom stereocenters. The number of pyridine rings is 1. The third-order valence-electron chi connectivity index (χ3n) is 5.76. The molecule has 174 valence electrons. The molecule has 0 spiro atoms. The number of benzene rings is 3. The lowest BCUT2D eigenvalue weighted by molar-refractivity contribution is -0.662.